The molecule has 152 valence electrons. The maximum Gasteiger partial charge on any atom is 0.327 e. The lowest BCUT2D eigenvalue weighted by molar-refractivity contribution is -0.146. The molecule has 2 aromatic rings. The second-order valence-electron chi connectivity index (χ2n) is 5.99. The summed E-state index contributed by atoms with van der Waals surface area (Å²) in [5, 5.41) is 0. The zero-order valence-corrected chi connectivity index (χ0v) is 17.2. The van der Waals surface area contributed by atoms with Crippen LogP contribution in [0.5, 0.6) is 11.5 Å². The van der Waals surface area contributed by atoms with Crippen LogP contribution in [0.25, 0.3) is 0 Å². The molecule has 0 aromatic heterocycles. The third kappa shape index (κ3) is 4.36. The Hall–Kier alpha value is -2.38. The summed E-state index contributed by atoms with van der Waals surface area (Å²) in [5.74, 6) is 0.415. The van der Waals surface area contributed by atoms with Gasteiger partial charge in [0.2, 0.25) is 0 Å². The second-order valence-corrected chi connectivity index (χ2v) is 8.25. The fourth-order valence-corrected chi connectivity index (χ4v) is 4.96. The number of methoxy groups -OCH3 is 1. The molecule has 3 rings (SSSR count). The van der Waals surface area contributed by atoms with E-state index in [2.05, 4.69) is 0 Å². The molecule has 1 aliphatic rings. The van der Waals surface area contributed by atoms with Crippen LogP contribution in [0, 0.1) is 0 Å². The predicted octanol–water partition coefficient (Wildman–Crippen LogP) is 4.00. The summed E-state index contributed by atoms with van der Waals surface area (Å²) in [6, 6.07) is 15.2. The first-order valence-corrected chi connectivity index (χ1v) is 10.7. The van der Waals surface area contributed by atoms with Crippen LogP contribution in [0.2, 0.25) is 0 Å². The van der Waals surface area contributed by atoms with Gasteiger partial charge in [-0.1, -0.05) is 32.0 Å². The van der Waals surface area contributed by atoms with E-state index in [9.17, 15) is 13.2 Å². The summed E-state index contributed by atoms with van der Waals surface area (Å²) in [5.41, 5.74) is 0. The van der Waals surface area contributed by atoms with Gasteiger partial charge in [-0.15, -0.1) is 0 Å². The van der Waals surface area contributed by atoms with Crippen molar-refractivity contribution in [3.05, 3.63) is 54.6 Å². The summed E-state index contributed by atoms with van der Waals surface area (Å²) in [4.78, 5) is 12.4. The third-order valence-electron chi connectivity index (χ3n) is 4.49. The van der Waals surface area contributed by atoms with Crippen LogP contribution >= 0.6 is 0 Å². The third-order valence-corrected chi connectivity index (χ3v) is 6.98. The highest BCUT2D eigenvalue weighted by atomic mass is 32.2. The van der Waals surface area contributed by atoms with Gasteiger partial charge < -0.3 is 14.2 Å². The van der Waals surface area contributed by atoms with Crippen LogP contribution in [-0.4, -0.2) is 39.5 Å². The van der Waals surface area contributed by atoms with E-state index in [1.54, 1.807) is 24.3 Å². The minimum Gasteiger partial charge on any atom is -0.468 e. The Labute approximate surface area is 166 Å². The molecule has 1 heterocycles. The number of hydrogen-bond acceptors (Lipinski definition) is 6. The van der Waals surface area contributed by atoms with E-state index in [1.165, 1.54) is 19.2 Å². The Balaban J connectivity index is 0.00000136. The van der Waals surface area contributed by atoms with Gasteiger partial charge in [-0.25, -0.2) is 8.42 Å². The first-order chi connectivity index (χ1) is 13.5. The SMILES string of the molecule is CC.COC(=O)C1(S(=O)(=O)c2ccc(Oc3ccccc3)cc2)CCOCC1. The van der Waals surface area contributed by atoms with Crippen molar-refractivity contribution < 1.29 is 27.4 Å². The summed E-state index contributed by atoms with van der Waals surface area (Å²) < 4.78 is 40.5. The Kier molecular flexibility index (Phi) is 7.60. The van der Waals surface area contributed by atoms with E-state index in [-0.39, 0.29) is 31.0 Å². The summed E-state index contributed by atoms with van der Waals surface area (Å²) in [6.07, 6.45) is 0.147. The number of esters is 1. The number of para-hydroxylation sites is 1. The van der Waals surface area contributed by atoms with Gasteiger partial charge in [0, 0.05) is 26.1 Å². The average molecular weight is 407 g/mol. The van der Waals surface area contributed by atoms with Crippen LogP contribution in [-0.2, 0) is 24.1 Å². The zero-order chi connectivity index (χ0) is 20.6. The summed E-state index contributed by atoms with van der Waals surface area (Å²) in [6.45, 7) is 4.40. The number of benzene rings is 2. The summed E-state index contributed by atoms with van der Waals surface area (Å²) in [7, 11) is -2.73. The average Bonchev–Trinajstić information content (AvgIpc) is 2.76. The van der Waals surface area contributed by atoms with Crippen LogP contribution in [0.15, 0.2) is 59.5 Å². The lowest BCUT2D eigenvalue weighted by Crippen LogP contribution is -2.51. The minimum atomic E-state index is -3.93. The molecule has 0 unspecified atom stereocenters. The first kappa shape index (κ1) is 21.9. The van der Waals surface area contributed by atoms with E-state index >= 15 is 0 Å². The highest BCUT2D eigenvalue weighted by Gasteiger charge is 2.53. The van der Waals surface area contributed by atoms with Crippen molar-refractivity contribution in [3.63, 3.8) is 0 Å². The van der Waals surface area contributed by atoms with E-state index in [0.29, 0.717) is 11.5 Å². The van der Waals surface area contributed by atoms with Crippen molar-refractivity contribution in [1.82, 2.24) is 0 Å². The molecule has 0 bridgehead atoms. The molecule has 2 aromatic carbocycles. The first-order valence-electron chi connectivity index (χ1n) is 9.23. The Morgan fingerprint density at radius 2 is 1.46 bits per heavy atom. The Morgan fingerprint density at radius 3 is 2.00 bits per heavy atom. The van der Waals surface area contributed by atoms with Crippen molar-refractivity contribution in [2.45, 2.75) is 36.3 Å². The van der Waals surface area contributed by atoms with Crippen molar-refractivity contribution in [1.29, 1.82) is 0 Å². The second kappa shape index (κ2) is 9.71. The van der Waals surface area contributed by atoms with Gasteiger partial charge in [-0.3, -0.25) is 4.79 Å². The highest BCUT2D eigenvalue weighted by Crippen LogP contribution is 2.36. The Morgan fingerprint density at radius 1 is 0.929 bits per heavy atom. The van der Waals surface area contributed by atoms with E-state index in [1.807, 2.05) is 32.0 Å². The zero-order valence-electron chi connectivity index (χ0n) is 16.4. The van der Waals surface area contributed by atoms with Crippen LogP contribution in [0.1, 0.15) is 26.7 Å². The van der Waals surface area contributed by atoms with Gasteiger partial charge in [-0.2, -0.15) is 0 Å². The summed E-state index contributed by atoms with van der Waals surface area (Å²) >= 11 is 0. The van der Waals surface area contributed by atoms with Gasteiger partial charge in [0.15, 0.2) is 14.6 Å². The van der Waals surface area contributed by atoms with Gasteiger partial charge >= 0.3 is 5.97 Å². The highest BCUT2D eigenvalue weighted by molar-refractivity contribution is 7.93. The van der Waals surface area contributed by atoms with Crippen molar-refractivity contribution in [2.75, 3.05) is 20.3 Å². The molecule has 0 atom stereocenters. The molecule has 0 N–H and O–H groups in total. The van der Waals surface area contributed by atoms with Gasteiger partial charge in [0.1, 0.15) is 11.5 Å². The monoisotopic (exact) mass is 406 g/mol. The molecule has 1 saturated heterocycles. The molecule has 0 radical (unpaired) electrons. The molecule has 0 amide bonds. The van der Waals surface area contributed by atoms with Gasteiger partial charge in [-0.05, 0) is 36.4 Å². The maximum atomic E-state index is 13.2. The largest absolute Gasteiger partial charge is 0.468 e. The topological polar surface area (TPSA) is 78.9 Å². The maximum absolute atomic E-state index is 13.2. The number of rotatable bonds is 5. The molecule has 0 saturated carbocycles. The lowest BCUT2D eigenvalue weighted by Gasteiger charge is -2.33. The normalized spacial score (nSPS) is 15.7. The van der Waals surface area contributed by atoms with Crippen molar-refractivity contribution in [3.8, 4) is 11.5 Å². The van der Waals surface area contributed by atoms with Gasteiger partial charge in [0.25, 0.3) is 0 Å². The molecular weight excluding hydrogens is 380 g/mol. The van der Waals surface area contributed by atoms with Crippen molar-refractivity contribution in [2.24, 2.45) is 0 Å². The number of carbonyl (C=O) groups excluding carboxylic acids is 1. The smallest absolute Gasteiger partial charge is 0.327 e. The molecule has 0 spiro atoms. The van der Waals surface area contributed by atoms with Crippen LogP contribution in [0.3, 0.4) is 0 Å². The Bertz CT molecular complexity index is 854. The van der Waals surface area contributed by atoms with Crippen LogP contribution < -0.4 is 4.74 Å². The lowest BCUT2D eigenvalue weighted by atomic mass is 9.99. The quantitative estimate of drug-likeness (QED) is 0.699. The molecule has 28 heavy (non-hydrogen) atoms. The fourth-order valence-electron chi connectivity index (χ4n) is 3.01. The standard InChI is InChI=1S/C19H20O6S.C2H6/c1-23-18(20)19(11-13-24-14-12-19)26(21,22)17-9-7-16(8-10-17)25-15-5-3-2-4-6-15;1-2/h2-10H,11-14H2,1H3;1-2H3. The number of hydrogen-bond donors (Lipinski definition) is 0. The molecule has 0 aliphatic carbocycles. The molecular formula is C21H26O6S. The molecule has 1 aliphatic heterocycles. The van der Waals surface area contributed by atoms with Gasteiger partial charge in [0.05, 0.1) is 12.0 Å². The molecule has 1 fully saturated rings. The van der Waals surface area contributed by atoms with Crippen LogP contribution in [0.4, 0.5) is 0 Å². The number of carbonyl (C=O) groups is 1. The predicted molar refractivity (Wildman–Crippen MR) is 106 cm³/mol. The number of ether oxygens (including phenoxy) is 3. The number of sulfone groups is 1. The van der Waals surface area contributed by atoms with E-state index in [4.69, 9.17) is 14.2 Å². The fraction of sp³-hybridized carbons (Fsp3) is 0.381. The van der Waals surface area contributed by atoms with E-state index in [0.717, 1.165) is 0 Å². The molecule has 7 heteroatoms. The van der Waals surface area contributed by atoms with Crippen molar-refractivity contribution >= 4 is 15.8 Å². The molecule has 6 nitrogen and oxygen atoms in total. The van der Waals surface area contributed by atoms with E-state index < -0.39 is 20.6 Å². The minimum absolute atomic E-state index is 0.0604.